The van der Waals surface area contributed by atoms with E-state index in [0.29, 0.717) is 5.56 Å². The molecule has 6 aromatic rings. The minimum absolute atomic E-state index is 0.693. The number of aromatic nitrogens is 1. The highest BCUT2D eigenvalue weighted by Crippen LogP contribution is 2.34. The first-order chi connectivity index (χ1) is 14.3. The van der Waals surface area contributed by atoms with Crippen LogP contribution in [0.5, 0.6) is 0 Å². The fourth-order valence-corrected chi connectivity index (χ4v) is 4.47. The summed E-state index contributed by atoms with van der Waals surface area (Å²) < 4.78 is 2.34. The van der Waals surface area contributed by atoms with Gasteiger partial charge in [-0.15, -0.1) is 0 Å². The van der Waals surface area contributed by atoms with Gasteiger partial charge in [-0.2, -0.15) is 5.26 Å². The highest BCUT2D eigenvalue weighted by atomic mass is 15.0. The van der Waals surface area contributed by atoms with Gasteiger partial charge in [-0.05, 0) is 57.9 Å². The lowest BCUT2D eigenvalue weighted by Crippen LogP contribution is -1.93. The molecule has 0 radical (unpaired) electrons. The van der Waals surface area contributed by atoms with Gasteiger partial charge >= 0.3 is 0 Å². The Kier molecular flexibility index (Phi) is 3.27. The molecule has 0 bridgehead atoms. The molecule has 0 spiro atoms. The lowest BCUT2D eigenvalue weighted by atomic mass is 10.00. The molecule has 0 atom stereocenters. The molecule has 0 N–H and O–H groups in total. The van der Waals surface area contributed by atoms with Crippen LogP contribution in [-0.2, 0) is 0 Å². The third-order valence-corrected chi connectivity index (χ3v) is 5.79. The zero-order valence-corrected chi connectivity index (χ0v) is 15.6. The summed E-state index contributed by atoms with van der Waals surface area (Å²) in [5.74, 6) is 0. The van der Waals surface area contributed by atoms with Crippen LogP contribution < -0.4 is 0 Å². The first-order valence-corrected chi connectivity index (χ1v) is 9.69. The van der Waals surface area contributed by atoms with Crippen molar-refractivity contribution in [1.82, 2.24) is 4.57 Å². The Hall–Kier alpha value is -4.09. The van der Waals surface area contributed by atoms with E-state index >= 15 is 0 Å². The van der Waals surface area contributed by atoms with Crippen molar-refractivity contribution in [3.63, 3.8) is 0 Å². The molecule has 2 heteroatoms. The number of fused-ring (bicyclic) bond motifs is 6. The van der Waals surface area contributed by atoms with Gasteiger partial charge in [-0.1, -0.05) is 60.7 Å². The number of hydrogen-bond donors (Lipinski definition) is 0. The van der Waals surface area contributed by atoms with Gasteiger partial charge in [0.25, 0.3) is 0 Å². The van der Waals surface area contributed by atoms with E-state index < -0.39 is 0 Å². The van der Waals surface area contributed by atoms with Gasteiger partial charge in [-0.3, -0.25) is 0 Å². The monoisotopic (exact) mass is 368 g/mol. The van der Waals surface area contributed by atoms with Crippen molar-refractivity contribution in [1.29, 1.82) is 5.26 Å². The normalized spacial score (nSPS) is 11.4. The van der Waals surface area contributed by atoms with Crippen LogP contribution in [0.2, 0.25) is 0 Å². The van der Waals surface area contributed by atoms with Gasteiger partial charge in [0.2, 0.25) is 0 Å². The van der Waals surface area contributed by atoms with E-state index in [1.54, 1.807) is 0 Å². The molecular weight excluding hydrogens is 352 g/mol. The van der Waals surface area contributed by atoms with Crippen LogP contribution in [0.4, 0.5) is 0 Å². The van der Waals surface area contributed by atoms with E-state index in [-0.39, 0.29) is 0 Å². The largest absolute Gasteiger partial charge is 0.309 e. The van der Waals surface area contributed by atoms with Crippen molar-refractivity contribution < 1.29 is 0 Å². The molecule has 6 rings (SSSR count). The van der Waals surface area contributed by atoms with Crippen LogP contribution in [-0.4, -0.2) is 4.57 Å². The summed E-state index contributed by atoms with van der Waals surface area (Å²) in [7, 11) is 0. The molecular formula is C27H16N2. The molecule has 0 amide bonds. The van der Waals surface area contributed by atoms with E-state index in [9.17, 15) is 5.26 Å². The summed E-state index contributed by atoms with van der Waals surface area (Å²) in [4.78, 5) is 0. The molecule has 0 fully saturated rings. The minimum Gasteiger partial charge on any atom is -0.309 e. The second-order valence-corrected chi connectivity index (χ2v) is 7.39. The van der Waals surface area contributed by atoms with E-state index in [1.807, 2.05) is 12.1 Å². The average molecular weight is 368 g/mol. The first-order valence-electron chi connectivity index (χ1n) is 9.69. The summed E-state index contributed by atoms with van der Waals surface area (Å²) in [6, 6.07) is 36.2. The quantitative estimate of drug-likeness (QED) is 0.288. The molecule has 0 saturated carbocycles. The second-order valence-electron chi connectivity index (χ2n) is 7.39. The van der Waals surface area contributed by atoms with Crippen molar-refractivity contribution in [2.24, 2.45) is 0 Å². The van der Waals surface area contributed by atoms with Gasteiger partial charge in [0.1, 0.15) is 0 Å². The Morgan fingerprint density at radius 1 is 0.552 bits per heavy atom. The molecule has 0 unspecified atom stereocenters. The van der Waals surface area contributed by atoms with Crippen molar-refractivity contribution in [2.75, 3.05) is 0 Å². The van der Waals surface area contributed by atoms with Crippen LogP contribution in [0.15, 0.2) is 97.1 Å². The maximum absolute atomic E-state index is 9.17. The van der Waals surface area contributed by atoms with E-state index in [2.05, 4.69) is 95.6 Å². The third-order valence-electron chi connectivity index (χ3n) is 5.79. The van der Waals surface area contributed by atoms with Crippen molar-refractivity contribution in [3.8, 4) is 11.8 Å². The molecule has 0 aliphatic heterocycles. The fraction of sp³-hybridized carbons (Fsp3) is 0. The van der Waals surface area contributed by atoms with Crippen molar-refractivity contribution in [3.05, 3.63) is 103 Å². The molecule has 29 heavy (non-hydrogen) atoms. The van der Waals surface area contributed by atoms with Crippen molar-refractivity contribution >= 4 is 43.4 Å². The Morgan fingerprint density at radius 3 is 1.79 bits per heavy atom. The lowest BCUT2D eigenvalue weighted by Gasteiger charge is -2.11. The summed E-state index contributed by atoms with van der Waals surface area (Å²) >= 11 is 0. The standard InChI is InChI=1S/C27H16N2/c28-17-18-9-13-22-19(15-18)10-11-20-16-21(12-14-23(20)22)29-26-7-3-1-5-24(26)25-6-2-4-8-27(25)29/h1-16H. The lowest BCUT2D eigenvalue weighted by molar-refractivity contribution is 1.19. The number of benzene rings is 5. The van der Waals surface area contributed by atoms with Crippen LogP contribution in [0.1, 0.15) is 5.56 Å². The molecule has 2 nitrogen and oxygen atoms in total. The Morgan fingerprint density at radius 2 is 1.14 bits per heavy atom. The van der Waals surface area contributed by atoms with Crippen LogP contribution in [0, 0.1) is 11.3 Å². The topological polar surface area (TPSA) is 28.7 Å². The van der Waals surface area contributed by atoms with Crippen LogP contribution >= 0.6 is 0 Å². The summed E-state index contributed by atoms with van der Waals surface area (Å²) in [5.41, 5.74) is 4.28. The molecule has 5 aromatic carbocycles. The van der Waals surface area contributed by atoms with E-state index in [0.717, 1.165) is 11.1 Å². The third kappa shape index (κ3) is 2.28. The second kappa shape index (κ2) is 5.95. The molecule has 1 heterocycles. The SMILES string of the molecule is N#Cc1ccc2c(ccc3cc(-n4c5ccccc5c5ccccc54)ccc32)c1. The predicted octanol–water partition coefficient (Wildman–Crippen LogP) is 6.96. The van der Waals surface area contributed by atoms with Crippen LogP contribution in [0.3, 0.4) is 0 Å². The number of hydrogen-bond acceptors (Lipinski definition) is 1. The Labute approximate surface area is 167 Å². The van der Waals surface area contributed by atoms with Gasteiger partial charge < -0.3 is 4.57 Å². The number of rotatable bonds is 1. The average Bonchev–Trinajstić information content (AvgIpc) is 3.12. The zero-order chi connectivity index (χ0) is 19.4. The number of para-hydroxylation sites is 2. The Balaban J connectivity index is 1.66. The van der Waals surface area contributed by atoms with Gasteiger partial charge in [0.15, 0.2) is 0 Å². The summed E-state index contributed by atoms with van der Waals surface area (Å²) in [6.07, 6.45) is 0. The van der Waals surface area contributed by atoms with Gasteiger partial charge in [0, 0.05) is 16.5 Å². The Bertz CT molecular complexity index is 1560. The highest BCUT2D eigenvalue weighted by molar-refractivity contribution is 6.11. The molecule has 0 aliphatic carbocycles. The summed E-state index contributed by atoms with van der Waals surface area (Å²) in [5, 5.41) is 16.4. The minimum atomic E-state index is 0.693. The van der Waals surface area contributed by atoms with Gasteiger partial charge in [0.05, 0.1) is 22.7 Å². The fourth-order valence-electron chi connectivity index (χ4n) is 4.47. The molecule has 0 saturated heterocycles. The maximum Gasteiger partial charge on any atom is 0.0991 e. The molecule has 1 aromatic heterocycles. The van der Waals surface area contributed by atoms with Crippen LogP contribution in [0.25, 0.3) is 49.0 Å². The summed E-state index contributed by atoms with van der Waals surface area (Å²) in [6.45, 7) is 0. The molecule has 0 aliphatic rings. The van der Waals surface area contributed by atoms with Crippen molar-refractivity contribution in [2.45, 2.75) is 0 Å². The zero-order valence-electron chi connectivity index (χ0n) is 15.6. The molecule has 134 valence electrons. The number of nitriles is 1. The maximum atomic E-state index is 9.17. The number of nitrogens with zero attached hydrogens (tertiary/aromatic N) is 2. The smallest absolute Gasteiger partial charge is 0.0991 e. The van der Waals surface area contributed by atoms with E-state index in [1.165, 1.54) is 38.0 Å². The predicted molar refractivity (Wildman–Crippen MR) is 121 cm³/mol. The van der Waals surface area contributed by atoms with Gasteiger partial charge in [-0.25, -0.2) is 0 Å². The highest BCUT2D eigenvalue weighted by Gasteiger charge is 2.12. The van der Waals surface area contributed by atoms with E-state index in [4.69, 9.17) is 0 Å². The first kappa shape index (κ1) is 15.9.